The van der Waals surface area contributed by atoms with Crippen molar-refractivity contribution in [1.82, 2.24) is 19.7 Å². The minimum absolute atomic E-state index is 0. The number of aryl methyl sites for hydroxylation is 2. The van der Waals surface area contributed by atoms with Gasteiger partial charge in [0.25, 0.3) is 5.91 Å². The SMILES string of the molecule is CCn1ccc(C(=O)N(CCN(C)C)c2nc3c(OC)ccc(C)c3s2)n1.Cl. The van der Waals surface area contributed by atoms with E-state index in [1.165, 1.54) is 11.3 Å². The number of aromatic nitrogens is 3. The Labute approximate surface area is 175 Å². The Morgan fingerprint density at radius 3 is 2.61 bits per heavy atom. The summed E-state index contributed by atoms with van der Waals surface area (Å²) < 4.78 is 8.24. The van der Waals surface area contributed by atoms with E-state index < -0.39 is 0 Å². The molecule has 0 bridgehead atoms. The van der Waals surface area contributed by atoms with Crippen LogP contribution in [0, 0.1) is 6.92 Å². The maximum Gasteiger partial charge on any atom is 0.280 e. The molecule has 2 aromatic heterocycles. The average molecular weight is 424 g/mol. The molecule has 0 aliphatic rings. The third kappa shape index (κ3) is 4.45. The van der Waals surface area contributed by atoms with Crippen molar-refractivity contribution in [2.24, 2.45) is 0 Å². The second kappa shape index (κ2) is 9.36. The van der Waals surface area contributed by atoms with Gasteiger partial charge in [0.15, 0.2) is 10.8 Å². The number of anilines is 1. The number of fused-ring (bicyclic) bond motifs is 1. The Bertz CT molecular complexity index is 953. The first-order valence-electron chi connectivity index (χ1n) is 8.88. The summed E-state index contributed by atoms with van der Waals surface area (Å²) in [7, 11) is 5.61. The lowest BCUT2D eigenvalue weighted by Crippen LogP contribution is -2.37. The monoisotopic (exact) mass is 423 g/mol. The number of carbonyl (C=O) groups excluding carboxylic acids is 1. The lowest BCUT2D eigenvalue weighted by molar-refractivity contribution is 0.0979. The number of halogens is 1. The van der Waals surface area contributed by atoms with E-state index in [-0.39, 0.29) is 18.3 Å². The van der Waals surface area contributed by atoms with E-state index in [9.17, 15) is 4.79 Å². The predicted octanol–water partition coefficient (Wildman–Crippen LogP) is 3.46. The van der Waals surface area contributed by atoms with Crippen LogP contribution in [0.3, 0.4) is 0 Å². The average Bonchev–Trinajstić information content (AvgIpc) is 3.29. The number of methoxy groups -OCH3 is 1. The van der Waals surface area contributed by atoms with Gasteiger partial charge >= 0.3 is 0 Å². The number of nitrogens with zero attached hydrogens (tertiary/aromatic N) is 5. The van der Waals surface area contributed by atoms with Crippen LogP contribution in [0.4, 0.5) is 5.13 Å². The Morgan fingerprint density at radius 1 is 1.25 bits per heavy atom. The van der Waals surface area contributed by atoms with Crippen LogP contribution in [0.2, 0.25) is 0 Å². The Hall–Kier alpha value is -2.16. The quantitative estimate of drug-likeness (QED) is 0.582. The predicted molar refractivity (Wildman–Crippen MR) is 116 cm³/mol. The van der Waals surface area contributed by atoms with Gasteiger partial charge in [0.05, 0.1) is 11.8 Å². The van der Waals surface area contributed by atoms with Gasteiger partial charge in [0, 0.05) is 25.8 Å². The first-order valence-corrected chi connectivity index (χ1v) is 9.70. The molecule has 0 aliphatic heterocycles. The molecule has 152 valence electrons. The van der Waals surface area contributed by atoms with Crippen molar-refractivity contribution in [3.05, 3.63) is 35.7 Å². The smallest absolute Gasteiger partial charge is 0.280 e. The van der Waals surface area contributed by atoms with Crippen LogP contribution in [0.15, 0.2) is 24.4 Å². The summed E-state index contributed by atoms with van der Waals surface area (Å²) >= 11 is 1.51. The molecule has 28 heavy (non-hydrogen) atoms. The summed E-state index contributed by atoms with van der Waals surface area (Å²) in [6, 6.07) is 5.68. The number of hydrogen-bond donors (Lipinski definition) is 0. The fraction of sp³-hybridized carbons (Fsp3) is 0.421. The fourth-order valence-electron chi connectivity index (χ4n) is 2.75. The lowest BCUT2D eigenvalue weighted by Gasteiger charge is -2.21. The second-order valence-corrected chi connectivity index (χ2v) is 7.55. The van der Waals surface area contributed by atoms with Gasteiger partial charge in [-0.15, -0.1) is 12.4 Å². The third-order valence-corrected chi connectivity index (χ3v) is 5.56. The molecule has 0 saturated heterocycles. The molecule has 7 nitrogen and oxygen atoms in total. The highest BCUT2D eigenvalue weighted by molar-refractivity contribution is 7.22. The summed E-state index contributed by atoms with van der Waals surface area (Å²) in [5.74, 6) is 0.577. The number of rotatable bonds is 7. The molecular weight excluding hydrogens is 398 g/mol. The van der Waals surface area contributed by atoms with Crippen molar-refractivity contribution in [3.63, 3.8) is 0 Å². The van der Waals surface area contributed by atoms with Crippen LogP contribution < -0.4 is 9.64 Å². The van der Waals surface area contributed by atoms with E-state index in [4.69, 9.17) is 9.72 Å². The van der Waals surface area contributed by atoms with Crippen LogP contribution in [-0.2, 0) is 6.54 Å². The first-order chi connectivity index (χ1) is 12.9. The summed E-state index contributed by atoms with van der Waals surface area (Å²) in [5.41, 5.74) is 2.34. The molecule has 0 spiro atoms. The molecule has 0 fully saturated rings. The van der Waals surface area contributed by atoms with Gasteiger partial charge in [-0.05, 0) is 45.6 Å². The van der Waals surface area contributed by atoms with Crippen molar-refractivity contribution in [3.8, 4) is 5.75 Å². The van der Waals surface area contributed by atoms with Crippen molar-refractivity contribution >= 4 is 45.0 Å². The van der Waals surface area contributed by atoms with Crippen molar-refractivity contribution in [1.29, 1.82) is 0 Å². The highest BCUT2D eigenvalue weighted by Gasteiger charge is 2.24. The van der Waals surface area contributed by atoms with Crippen LogP contribution in [-0.4, -0.2) is 59.9 Å². The normalized spacial score (nSPS) is 10.9. The Kier molecular flexibility index (Phi) is 7.40. The number of thiazole rings is 1. The molecule has 0 N–H and O–H groups in total. The van der Waals surface area contributed by atoms with E-state index in [0.29, 0.717) is 23.1 Å². The zero-order valence-electron chi connectivity index (χ0n) is 16.8. The lowest BCUT2D eigenvalue weighted by atomic mass is 10.2. The molecule has 0 aliphatic carbocycles. The van der Waals surface area contributed by atoms with Gasteiger partial charge in [-0.2, -0.15) is 5.10 Å². The molecule has 0 atom stereocenters. The topological polar surface area (TPSA) is 63.5 Å². The second-order valence-electron chi connectivity index (χ2n) is 6.58. The largest absolute Gasteiger partial charge is 0.494 e. The molecule has 3 aromatic rings. The fourth-order valence-corrected chi connectivity index (χ4v) is 3.83. The highest BCUT2D eigenvalue weighted by atomic mass is 35.5. The molecule has 0 unspecified atom stereocenters. The summed E-state index contributed by atoms with van der Waals surface area (Å²) in [4.78, 5) is 21.7. The number of carbonyl (C=O) groups is 1. The molecule has 1 aromatic carbocycles. The van der Waals surface area contributed by atoms with E-state index in [1.54, 1.807) is 22.8 Å². The standard InChI is InChI=1S/C19H25N5O2S.ClH/c1-6-23-10-9-14(21-23)18(25)24(12-11-22(3)4)19-20-16-15(26-5)8-7-13(2)17(16)27-19;/h7-10H,6,11-12H2,1-5H3;1H. The van der Waals surface area contributed by atoms with Crippen molar-refractivity contribution in [2.75, 3.05) is 39.2 Å². The van der Waals surface area contributed by atoms with E-state index >= 15 is 0 Å². The van der Waals surface area contributed by atoms with Crippen molar-refractivity contribution in [2.45, 2.75) is 20.4 Å². The molecule has 0 radical (unpaired) electrons. The van der Waals surface area contributed by atoms with Gasteiger partial charge < -0.3 is 9.64 Å². The first kappa shape index (κ1) is 22.1. The van der Waals surface area contributed by atoms with Crippen LogP contribution in [0.1, 0.15) is 23.0 Å². The minimum Gasteiger partial charge on any atom is -0.494 e. The molecule has 2 heterocycles. The van der Waals surface area contributed by atoms with E-state index in [2.05, 4.69) is 5.10 Å². The van der Waals surface area contributed by atoms with Gasteiger partial charge in [0.2, 0.25) is 0 Å². The maximum absolute atomic E-state index is 13.2. The molecule has 9 heteroatoms. The van der Waals surface area contributed by atoms with Crippen LogP contribution >= 0.6 is 23.7 Å². The number of likely N-dealkylation sites (N-methyl/N-ethyl adjacent to an activating group) is 1. The number of benzene rings is 1. The van der Waals surface area contributed by atoms with Gasteiger partial charge in [0.1, 0.15) is 11.3 Å². The van der Waals surface area contributed by atoms with Crippen LogP contribution in [0.25, 0.3) is 10.2 Å². The van der Waals surface area contributed by atoms with Gasteiger partial charge in [-0.25, -0.2) is 4.98 Å². The van der Waals surface area contributed by atoms with E-state index in [1.807, 2.05) is 51.2 Å². The molecule has 3 rings (SSSR count). The molecule has 1 amide bonds. The summed E-state index contributed by atoms with van der Waals surface area (Å²) in [6.45, 7) is 6.02. The van der Waals surface area contributed by atoms with E-state index in [0.717, 1.165) is 28.9 Å². The molecule has 0 saturated carbocycles. The summed E-state index contributed by atoms with van der Waals surface area (Å²) in [5, 5.41) is 5.03. The zero-order chi connectivity index (χ0) is 19.6. The number of amides is 1. The Balaban J connectivity index is 0.00000280. The Morgan fingerprint density at radius 2 is 2.00 bits per heavy atom. The van der Waals surface area contributed by atoms with Crippen molar-refractivity contribution < 1.29 is 9.53 Å². The minimum atomic E-state index is -0.139. The third-order valence-electron chi connectivity index (χ3n) is 4.34. The highest BCUT2D eigenvalue weighted by Crippen LogP contribution is 2.36. The van der Waals surface area contributed by atoms with Gasteiger partial charge in [-0.1, -0.05) is 17.4 Å². The number of ether oxygens (including phenoxy) is 1. The summed E-state index contributed by atoms with van der Waals surface area (Å²) in [6.07, 6.45) is 1.82. The van der Waals surface area contributed by atoms with Gasteiger partial charge in [-0.3, -0.25) is 14.4 Å². The number of hydrogen-bond acceptors (Lipinski definition) is 6. The van der Waals surface area contributed by atoms with Crippen LogP contribution in [0.5, 0.6) is 5.75 Å². The molecular formula is C19H26ClN5O2S. The maximum atomic E-state index is 13.2. The zero-order valence-corrected chi connectivity index (χ0v) is 18.4.